The monoisotopic (exact) mass is 384 g/mol. The van der Waals surface area contributed by atoms with E-state index >= 15 is 0 Å². The summed E-state index contributed by atoms with van der Waals surface area (Å²) < 4.78 is 6.86. The second-order valence-corrected chi connectivity index (χ2v) is 6.17. The van der Waals surface area contributed by atoms with Crippen LogP contribution in [0.3, 0.4) is 0 Å². The molecule has 2 N–H and O–H groups in total. The first kappa shape index (κ1) is 17.0. The van der Waals surface area contributed by atoms with Crippen LogP contribution in [0.1, 0.15) is 16.4 Å². The number of amides is 2. The van der Waals surface area contributed by atoms with Gasteiger partial charge in [-0.3, -0.25) is 9.59 Å². The Morgan fingerprint density at radius 2 is 2.15 bits per heavy atom. The summed E-state index contributed by atoms with van der Waals surface area (Å²) >= 11 is 6.17. The SMILES string of the molecule is Cc1cc2cc(NC(=O)CNC(=O)c3nc4ncccn4n3)cc(Cl)c2o1. The summed E-state index contributed by atoms with van der Waals surface area (Å²) in [6.45, 7) is 1.56. The highest BCUT2D eigenvalue weighted by atomic mass is 35.5. The summed E-state index contributed by atoms with van der Waals surface area (Å²) in [5.74, 6) is -0.0437. The van der Waals surface area contributed by atoms with Gasteiger partial charge in [0, 0.05) is 23.5 Å². The van der Waals surface area contributed by atoms with E-state index in [-0.39, 0.29) is 12.4 Å². The Morgan fingerprint density at radius 1 is 1.30 bits per heavy atom. The first-order valence-electron chi connectivity index (χ1n) is 7.95. The van der Waals surface area contributed by atoms with E-state index in [2.05, 4.69) is 25.7 Å². The van der Waals surface area contributed by atoms with Crippen LogP contribution in [0.2, 0.25) is 5.02 Å². The van der Waals surface area contributed by atoms with Crippen molar-refractivity contribution in [2.75, 3.05) is 11.9 Å². The summed E-state index contributed by atoms with van der Waals surface area (Å²) in [7, 11) is 0. The molecule has 4 rings (SSSR count). The van der Waals surface area contributed by atoms with Crippen LogP contribution in [-0.4, -0.2) is 37.9 Å². The van der Waals surface area contributed by atoms with Gasteiger partial charge in [-0.25, -0.2) is 9.50 Å². The maximum atomic E-state index is 12.1. The van der Waals surface area contributed by atoms with E-state index in [1.165, 1.54) is 4.52 Å². The lowest BCUT2D eigenvalue weighted by Gasteiger charge is -2.06. The van der Waals surface area contributed by atoms with Crippen LogP contribution in [-0.2, 0) is 4.79 Å². The molecule has 0 spiro atoms. The molecule has 4 aromatic rings. The van der Waals surface area contributed by atoms with Crippen molar-refractivity contribution in [3.8, 4) is 0 Å². The largest absolute Gasteiger partial charge is 0.460 e. The van der Waals surface area contributed by atoms with E-state index in [9.17, 15) is 9.59 Å². The molecule has 0 atom stereocenters. The zero-order chi connectivity index (χ0) is 19.0. The number of aryl methyl sites for hydroxylation is 1. The molecule has 0 saturated carbocycles. The Labute approximate surface area is 157 Å². The first-order chi connectivity index (χ1) is 13.0. The van der Waals surface area contributed by atoms with Gasteiger partial charge in [-0.05, 0) is 31.2 Å². The second kappa shape index (κ2) is 6.69. The quantitative estimate of drug-likeness (QED) is 0.557. The van der Waals surface area contributed by atoms with E-state index in [4.69, 9.17) is 16.0 Å². The van der Waals surface area contributed by atoms with Crippen molar-refractivity contribution in [1.82, 2.24) is 24.9 Å². The number of carbonyl (C=O) groups is 2. The van der Waals surface area contributed by atoms with E-state index in [0.29, 0.717) is 22.1 Å². The highest BCUT2D eigenvalue weighted by Crippen LogP contribution is 2.30. The molecular weight excluding hydrogens is 372 g/mol. The number of hydrogen-bond donors (Lipinski definition) is 2. The maximum Gasteiger partial charge on any atom is 0.291 e. The molecule has 3 heterocycles. The number of carbonyl (C=O) groups excluding carboxylic acids is 2. The fourth-order valence-electron chi connectivity index (χ4n) is 2.58. The molecule has 0 bridgehead atoms. The van der Waals surface area contributed by atoms with Gasteiger partial charge in [0.05, 0.1) is 11.6 Å². The first-order valence-corrected chi connectivity index (χ1v) is 8.32. The number of rotatable bonds is 4. The van der Waals surface area contributed by atoms with E-state index in [0.717, 1.165) is 11.1 Å². The highest BCUT2D eigenvalue weighted by molar-refractivity contribution is 6.35. The minimum atomic E-state index is -0.574. The van der Waals surface area contributed by atoms with Gasteiger partial charge in [0.15, 0.2) is 5.58 Å². The molecule has 10 heteroatoms. The Bertz CT molecular complexity index is 1150. The summed E-state index contributed by atoms with van der Waals surface area (Å²) in [6, 6.07) is 6.82. The van der Waals surface area contributed by atoms with Crippen LogP contribution in [0, 0.1) is 6.92 Å². The molecule has 1 aromatic carbocycles. The number of anilines is 1. The summed E-state index contributed by atoms with van der Waals surface area (Å²) in [4.78, 5) is 32.2. The molecule has 0 radical (unpaired) electrons. The molecule has 9 nitrogen and oxygen atoms in total. The Morgan fingerprint density at radius 3 is 2.96 bits per heavy atom. The lowest BCUT2D eigenvalue weighted by molar-refractivity contribution is -0.115. The van der Waals surface area contributed by atoms with Gasteiger partial charge in [0.2, 0.25) is 11.7 Å². The molecule has 3 aromatic heterocycles. The van der Waals surface area contributed by atoms with Gasteiger partial charge in [-0.2, -0.15) is 4.98 Å². The number of nitrogens with one attached hydrogen (secondary N) is 2. The summed E-state index contributed by atoms with van der Waals surface area (Å²) in [6.07, 6.45) is 3.17. The number of aromatic nitrogens is 4. The van der Waals surface area contributed by atoms with Gasteiger partial charge < -0.3 is 15.1 Å². The number of halogens is 1. The van der Waals surface area contributed by atoms with Gasteiger partial charge in [0.1, 0.15) is 5.76 Å². The Balaban J connectivity index is 1.41. The minimum Gasteiger partial charge on any atom is -0.460 e. The van der Waals surface area contributed by atoms with Gasteiger partial charge in [0.25, 0.3) is 11.7 Å². The average Bonchev–Trinajstić information content (AvgIpc) is 3.22. The van der Waals surface area contributed by atoms with Crippen LogP contribution in [0.15, 0.2) is 41.1 Å². The number of furan rings is 1. The normalized spacial score (nSPS) is 11.0. The smallest absolute Gasteiger partial charge is 0.291 e. The summed E-state index contributed by atoms with van der Waals surface area (Å²) in [5, 5.41) is 10.3. The van der Waals surface area contributed by atoms with Crippen LogP contribution in [0.25, 0.3) is 16.7 Å². The maximum absolute atomic E-state index is 12.1. The molecule has 0 fully saturated rings. The van der Waals surface area contributed by atoms with E-state index in [1.807, 2.05) is 13.0 Å². The predicted molar refractivity (Wildman–Crippen MR) is 97.7 cm³/mol. The van der Waals surface area contributed by atoms with Crippen molar-refractivity contribution in [3.05, 3.63) is 53.3 Å². The van der Waals surface area contributed by atoms with Crippen LogP contribution in [0.5, 0.6) is 0 Å². The lowest BCUT2D eigenvalue weighted by atomic mass is 10.2. The molecule has 0 unspecified atom stereocenters. The average molecular weight is 385 g/mol. The standard InChI is InChI=1S/C17H13ClN6O3/c1-9-5-10-6-11(7-12(18)14(10)27-9)21-13(25)8-20-16(26)15-22-17-19-3-2-4-24(17)23-15/h2-7H,8H2,1H3,(H,20,26)(H,21,25). The Hall–Kier alpha value is -3.46. The molecule has 0 aliphatic carbocycles. The molecule has 27 heavy (non-hydrogen) atoms. The fraction of sp³-hybridized carbons (Fsp3) is 0.118. The van der Waals surface area contributed by atoms with Crippen molar-refractivity contribution in [2.24, 2.45) is 0 Å². The van der Waals surface area contributed by atoms with Gasteiger partial charge in [-0.1, -0.05) is 11.6 Å². The second-order valence-electron chi connectivity index (χ2n) is 5.76. The van der Waals surface area contributed by atoms with Gasteiger partial charge in [-0.15, -0.1) is 5.10 Å². The zero-order valence-corrected chi connectivity index (χ0v) is 14.8. The number of fused-ring (bicyclic) bond motifs is 2. The molecule has 0 saturated heterocycles. The molecule has 2 amide bonds. The number of benzene rings is 1. The molecule has 0 aliphatic heterocycles. The molecule has 0 aliphatic rings. The molecular formula is C17H13ClN6O3. The molecule has 136 valence electrons. The highest BCUT2D eigenvalue weighted by Gasteiger charge is 2.15. The fourth-order valence-corrected chi connectivity index (χ4v) is 2.85. The predicted octanol–water partition coefficient (Wildman–Crippen LogP) is 2.20. The van der Waals surface area contributed by atoms with Crippen molar-refractivity contribution in [1.29, 1.82) is 0 Å². The van der Waals surface area contributed by atoms with E-state index < -0.39 is 11.8 Å². The zero-order valence-electron chi connectivity index (χ0n) is 14.1. The van der Waals surface area contributed by atoms with Crippen molar-refractivity contribution < 1.29 is 14.0 Å². The summed E-state index contributed by atoms with van der Waals surface area (Å²) in [5.41, 5.74) is 1.06. The van der Waals surface area contributed by atoms with Crippen molar-refractivity contribution in [3.63, 3.8) is 0 Å². The van der Waals surface area contributed by atoms with Crippen LogP contribution < -0.4 is 10.6 Å². The third kappa shape index (κ3) is 3.44. The number of nitrogens with zero attached hydrogens (tertiary/aromatic N) is 4. The number of hydrogen-bond acceptors (Lipinski definition) is 6. The van der Waals surface area contributed by atoms with Gasteiger partial charge >= 0.3 is 0 Å². The van der Waals surface area contributed by atoms with Crippen LogP contribution in [0.4, 0.5) is 5.69 Å². The van der Waals surface area contributed by atoms with Crippen LogP contribution >= 0.6 is 11.6 Å². The Kier molecular flexibility index (Phi) is 4.21. The van der Waals surface area contributed by atoms with Crippen molar-refractivity contribution >= 4 is 45.8 Å². The van der Waals surface area contributed by atoms with Crippen molar-refractivity contribution in [2.45, 2.75) is 6.92 Å². The third-order valence-electron chi connectivity index (χ3n) is 3.71. The topological polar surface area (TPSA) is 114 Å². The third-order valence-corrected chi connectivity index (χ3v) is 3.99. The lowest BCUT2D eigenvalue weighted by Crippen LogP contribution is -2.33. The van der Waals surface area contributed by atoms with E-state index in [1.54, 1.807) is 30.6 Å². The minimum absolute atomic E-state index is 0.0696.